The molecule has 0 fully saturated rings. The Hall–Kier alpha value is -2.42. The normalized spacial score (nSPS) is 19.4. The number of carbonyl (C=O) groups excluding carboxylic acids is 1. The molecule has 0 saturated carbocycles. The van der Waals surface area contributed by atoms with Gasteiger partial charge < -0.3 is 5.32 Å². The number of nitrogens with one attached hydrogen (secondary N) is 1. The quantitative estimate of drug-likeness (QED) is 0.574. The molecule has 0 heterocycles. The minimum atomic E-state index is 0. The molecule has 1 aliphatic carbocycles. The molecule has 1 aliphatic rings. The lowest BCUT2D eigenvalue weighted by molar-refractivity contribution is -0.123. The highest BCUT2D eigenvalue weighted by Crippen LogP contribution is 2.30. The van der Waals surface area contributed by atoms with Crippen molar-refractivity contribution in [1.29, 1.82) is 0 Å². The molecule has 1 aromatic carbocycles. The molecule has 0 aromatic heterocycles. The predicted octanol–water partition coefficient (Wildman–Crippen LogP) is 5.29. The first-order valence-corrected chi connectivity index (χ1v) is 8.82. The number of aliphatic imine (C=N–C) groups is 1. The van der Waals surface area contributed by atoms with Crippen molar-refractivity contribution in [3.63, 3.8) is 0 Å². The summed E-state index contributed by atoms with van der Waals surface area (Å²) in [5.74, 6) is 0.662. The number of carbonyl (C=O) groups is 1. The van der Waals surface area contributed by atoms with Gasteiger partial charge in [0.2, 0.25) is 5.91 Å². The smallest absolute Gasteiger partial charge is 0.226 e. The van der Waals surface area contributed by atoms with Gasteiger partial charge in [0.25, 0.3) is 0 Å². The molecule has 1 aromatic rings. The molecule has 0 aliphatic heterocycles. The maximum atomic E-state index is 11.4. The van der Waals surface area contributed by atoms with Crippen LogP contribution in [0.4, 0.5) is 0 Å². The SMILES string of the molecule is C=CC(CC)=NC(=C)C.CNC(=O)[C@@H]1C=C[C@H](c2ccccc2)CC1.[HH]. The monoisotopic (exact) mass is 340 g/mol. The predicted molar refractivity (Wildman–Crippen MR) is 110 cm³/mol. The Morgan fingerprint density at radius 3 is 2.40 bits per heavy atom. The maximum absolute atomic E-state index is 11.4. The van der Waals surface area contributed by atoms with Crippen molar-refractivity contribution in [1.82, 2.24) is 5.32 Å². The van der Waals surface area contributed by atoms with Crippen LogP contribution >= 0.6 is 0 Å². The third-order valence-corrected chi connectivity index (χ3v) is 4.11. The van der Waals surface area contributed by atoms with Crippen LogP contribution in [0, 0.1) is 5.92 Å². The first-order valence-electron chi connectivity index (χ1n) is 8.82. The van der Waals surface area contributed by atoms with Crippen molar-refractivity contribution in [2.75, 3.05) is 7.05 Å². The van der Waals surface area contributed by atoms with Crippen molar-refractivity contribution >= 4 is 11.6 Å². The van der Waals surface area contributed by atoms with Gasteiger partial charge in [0.15, 0.2) is 0 Å². The average molecular weight is 341 g/mol. The molecule has 0 saturated heterocycles. The van der Waals surface area contributed by atoms with Crippen LogP contribution in [0.15, 0.2) is 72.4 Å². The lowest BCUT2D eigenvalue weighted by atomic mass is 9.84. The molecule has 25 heavy (non-hydrogen) atoms. The van der Waals surface area contributed by atoms with Crippen LogP contribution in [0.25, 0.3) is 0 Å². The summed E-state index contributed by atoms with van der Waals surface area (Å²) in [6.45, 7) is 11.2. The van der Waals surface area contributed by atoms with E-state index >= 15 is 0 Å². The van der Waals surface area contributed by atoms with Gasteiger partial charge in [-0.3, -0.25) is 9.79 Å². The van der Waals surface area contributed by atoms with Gasteiger partial charge in [-0.2, -0.15) is 0 Å². The number of nitrogens with zero attached hydrogens (tertiary/aromatic N) is 1. The van der Waals surface area contributed by atoms with E-state index in [0.717, 1.165) is 30.7 Å². The summed E-state index contributed by atoms with van der Waals surface area (Å²) < 4.78 is 0. The highest BCUT2D eigenvalue weighted by Gasteiger charge is 2.21. The topological polar surface area (TPSA) is 41.5 Å². The van der Waals surface area contributed by atoms with E-state index in [-0.39, 0.29) is 13.3 Å². The highest BCUT2D eigenvalue weighted by molar-refractivity contribution is 5.94. The molecule has 0 unspecified atom stereocenters. The van der Waals surface area contributed by atoms with Gasteiger partial charge in [-0.25, -0.2) is 0 Å². The Labute approximate surface area is 153 Å². The molecule has 0 spiro atoms. The Morgan fingerprint density at radius 1 is 1.32 bits per heavy atom. The molecule has 1 amide bonds. The van der Waals surface area contributed by atoms with Gasteiger partial charge in [-0.05, 0) is 37.8 Å². The number of allylic oxidation sites excluding steroid dienone is 3. The van der Waals surface area contributed by atoms with E-state index in [1.165, 1.54) is 5.56 Å². The van der Waals surface area contributed by atoms with Crippen LogP contribution in [0.1, 0.15) is 46.0 Å². The third kappa shape index (κ3) is 7.34. The first-order chi connectivity index (χ1) is 12.0. The zero-order chi connectivity index (χ0) is 18.7. The molecule has 1 N–H and O–H groups in total. The van der Waals surface area contributed by atoms with Crippen molar-refractivity contribution in [2.24, 2.45) is 10.9 Å². The number of amides is 1. The second-order valence-electron chi connectivity index (χ2n) is 6.10. The second-order valence-corrected chi connectivity index (χ2v) is 6.10. The summed E-state index contributed by atoms with van der Waals surface area (Å²) in [6.07, 6.45) is 8.89. The number of hydrogen-bond donors (Lipinski definition) is 1. The van der Waals surface area contributed by atoms with E-state index in [9.17, 15) is 4.79 Å². The zero-order valence-corrected chi connectivity index (χ0v) is 15.7. The molecule has 0 radical (unpaired) electrons. The third-order valence-electron chi connectivity index (χ3n) is 4.11. The number of hydrogen-bond acceptors (Lipinski definition) is 2. The second kappa shape index (κ2) is 11.2. The van der Waals surface area contributed by atoms with E-state index in [0.29, 0.717) is 5.92 Å². The number of benzene rings is 1. The van der Waals surface area contributed by atoms with Crippen LogP contribution in [0.3, 0.4) is 0 Å². The van der Waals surface area contributed by atoms with Crippen LogP contribution in [0.5, 0.6) is 0 Å². The molecule has 3 nitrogen and oxygen atoms in total. The van der Waals surface area contributed by atoms with E-state index in [1.807, 2.05) is 26.0 Å². The van der Waals surface area contributed by atoms with Crippen molar-refractivity contribution in [3.8, 4) is 0 Å². The van der Waals surface area contributed by atoms with Crippen molar-refractivity contribution < 1.29 is 6.22 Å². The fraction of sp³-hybridized carbons (Fsp3) is 0.364. The maximum Gasteiger partial charge on any atom is 0.226 e. The van der Waals surface area contributed by atoms with Gasteiger partial charge in [0.1, 0.15) is 0 Å². The van der Waals surface area contributed by atoms with Gasteiger partial charge in [0, 0.05) is 25.8 Å². The molecular formula is C22H32N2O. The molecular weight excluding hydrogens is 308 g/mol. The summed E-state index contributed by atoms with van der Waals surface area (Å²) in [6, 6.07) is 10.5. The molecule has 0 bridgehead atoms. The van der Waals surface area contributed by atoms with Crippen molar-refractivity contribution in [3.05, 3.63) is 73.0 Å². The minimum absolute atomic E-state index is 0. The summed E-state index contributed by atoms with van der Waals surface area (Å²) >= 11 is 0. The molecule has 2 rings (SSSR count). The van der Waals surface area contributed by atoms with E-state index < -0.39 is 0 Å². The molecule has 136 valence electrons. The molecule has 3 heteroatoms. The lowest BCUT2D eigenvalue weighted by Gasteiger charge is -2.22. The summed E-state index contributed by atoms with van der Waals surface area (Å²) in [7, 11) is 1.69. The standard InChI is InChI=1S/C14H17NO.C8H13N.H2/c1-15-14(16)13-9-7-12(8-10-13)11-5-3-2-4-6-11;1-5-8(6-2)9-7(3)4;/h2-7,9,12-13H,8,10H2,1H3,(H,15,16);5H,1,3,6H2,2,4H3;1H/t12-,13+;;/m0../s1. The first kappa shape index (κ1) is 20.6. The zero-order valence-electron chi connectivity index (χ0n) is 15.7. The van der Waals surface area contributed by atoms with E-state index in [2.05, 4.69) is 53.8 Å². The Balaban J connectivity index is 0.000000543. The number of rotatable bonds is 5. The highest BCUT2D eigenvalue weighted by atomic mass is 16.1. The van der Waals surface area contributed by atoms with Gasteiger partial charge in [0.05, 0.1) is 5.92 Å². The summed E-state index contributed by atoms with van der Waals surface area (Å²) in [4.78, 5) is 15.6. The minimum Gasteiger partial charge on any atom is -0.359 e. The lowest BCUT2D eigenvalue weighted by Crippen LogP contribution is -2.27. The van der Waals surface area contributed by atoms with Crippen molar-refractivity contribution in [2.45, 2.75) is 39.0 Å². The fourth-order valence-corrected chi connectivity index (χ4v) is 2.72. The van der Waals surface area contributed by atoms with E-state index in [1.54, 1.807) is 13.1 Å². The van der Waals surface area contributed by atoms with Gasteiger partial charge >= 0.3 is 0 Å². The summed E-state index contributed by atoms with van der Waals surface area (Å²) in [5, 5.41) is 2.70. The Kier molecular flexibility index (Phi) is 9.23. The fourth-order valence-electron chi connectivity index (χ4n) is 2.72. The molecule has 2 atom stereocenters. The van der Waals surface area contributed by atoms with E-state index in [4.69, 9.17) is 0 Å². The Bertz CT molecular complexity index is 635. The summed E-state index contributed by atoms with van der Waals surface area (Å²) in [5.41, 5.74) is 3.18. The Morgan fingerprint density at radius 2 is 2.00 bits per heavy atom. The van der Waals surface area contributed by atoms with Gasteiger partial charge in [-0.15, -0.1) is 0 Å². The van der Waals surface area contributed by atoms with Crippen LogP contribution in [-0.2, 0) is 4.79 Å². The van der Waals surface area contributed by atoms with Crippen LogP contribution < -0.4 is 5.32 Å². The van der Waals surface area contributed by atoms with Crippen LogP contribution in [-0.4, -0.2) is 18.7 Å². The van der Waals surface area contributed by atoms with Gasteiger partial charge in [-0.1, -0.05) is 62.6 Å². The average Bonchev–Trinajstić information content (AvgIpc) is 2.66. The largest absolute Gasteiger partial charge is 0.359 e. The van der Waals surface area contributed by atoms with Crippen LogP contribution in [0.2, 0.25) is 0 Å².